The van der Waals surface area contributed by atoms with E-state index in [0.717, 1.165) is 30.3 Å². The molecule has 23 heavy (non-hydrogen) atoms. The van der Waals surface area contributed by atoms with Crippen LogP contribution in [0.5, 0.6) is 0 Å². The molecule has 0 aliphatic rings. The zero-order chi connectivity index (χ0) is 16.8. The normalized spacial score (nSPS) is 14.3. The monoisotopic (exact) mass is 317 g/mol. The van der Waals surface area contributed by atoms with E-state index in [4.69, 9.17) is 11.5 Å². The number of nitrogens with two attached hydrogens (primary N) is 2. The lowest BCUT2D eigenvalue weighted by Gasteiger charge is -2.21. The molecule has 6 nitrogen and oxygen atoms in total. The second-order valence-electron chi connectivity index (χ2n) is 6.08. The van der Waals surface area contributed by atoms with Gasteiger partial charge in [0.05, 0.1) is 11.0 Å². The standard InChI is InChI=1S/C17H27N5O/c1-3-11(2)12(7-6-10-20-17(18)19)15(23)16-21-13-8-4-5-9-14(13)22-16/h4-5,8-9,11-12,17,20H,3,6-7,10,18-19H2,1-2H3,(H,21,22)/t11-,12+/m0/s1. The molecule has 0 amide bonds. The van der Waals surface area contributed by atoms with E-state index in [1.54, 1.807) is 0 Å². The molecule has 1 aromatic carbocycles. The SMILES string of the molecule is CC[C@H](C)[C@@H](CCCNC(N)N)C(=O)c1nc2ccccc2[nH]1. The topological polar surface area (TPSA) is 110 Å². The number of aromatic nitrogens is 2. The van der Waals surface area contributed by atoms with E-state index in [0.29, 0.717) is 18.3 Å². The van der Waals surface area contributed by atoms with Crippen LogP contribution in [0.2, 0.25) is 0 Å². The molecule has 0 fully saturated rings. The lowest BCUT2D eigenvalue weighted by molar-refractivity contribution is 0.0855. The summed E-state index contributed by atoms with van der Waals surface area (Å²) in [5.74, 6) is 0.811. The van der Waals surface area contributed by atoms with Gasteiger partial charge in [0, 0.05) is 5.92 Å². The summed E-state index contributed by atoms with van der Waals surface area (Å²) < 4.78 is 0. The van der Waals surface area contributed by atoms with Gasteiger partial charge in [-0.25, -0.2) is 4.98 Å². The van der Waals surface area contributed by atoms with Crippen LogP contribution in [0.3, 0.4) is 0 Å². The van der Waals surface area contributed by atoms with Crippen LogP contribution in [0, 0.1) is 11.8 Å². The number of carbonyl (C=O) groups is 1. The van der Waals surface area contributed by atoms with E-state index in [1.165, 1.54) is 0 Å². The Kier molecular flexibility index (Phi) is 6.27. The third-order valence-electron chi connectivity index (χ3n) is 4.36. The number of hydrogen-bond acceptors (Lipinski definition) is 5. The minimum atomic E-state index is -0.511. The minimum Gasteiger partial charge on any atom is -0.335 e. The fourth-order valence-corrected chi connectivity index (χ4v) is 2.79. The first-order valence-electron chi connectivity index (χ1n) is 8.26. The summed E-state index contributed by atoms with van der Waals surface area (Å²) in [6.07, 6.45) is 2.10. The number of ketones is 1. The van der Waals surface area contributed by atoms with Gasteiger partial charge in [-0.15, -0.1) is 0 Å². The molecular formula is C17H27N5O. The second-order valence-corrected chi connectivity index (χ2v) is 6.08. The van der Waals surface area contributed by atoms with Crippen LogP contribution < -0.4 is 16.8 Å². The Morgan fingerprint density at radius 1 is 1.35 bits per heavy atom. The fourth-order valence-electron chi connectivity index (χ4n) is 2.79. The summed E-state index contributed by atoms with van der Waals surface area (Å²) in [5, 5.41) is 2.98. The lowest BCUT2D eigenvalue weighted by atomic mass is 9.84. The van der Waals surface area contributed by atoms with E-state index < -0.39 is 6.29 Å². The Balaban J connectivity index is 2.09. The highest BCUT2D eigenvalue weighted by Crippen LogP contribution is 2.25. The Hall–Kier alpha value is -1.76. The first-order valence-corrected chi connectivity index (χ1v) is 8.26. The molecule has 0 saturated heterocycles. The number of hydrogen-bond donors (Lipinski definition) is 4. The van der Waals surface area contributed by atoms with Gasteiger partial charge in [0.2, 0.25) is 5.78 Å². The minimum absolute atomic E-state index is 0.0450. The largest absolute Gasteiger partial charge is 0.335 e. The van der Waals surface area contributed by atoms with Crippen molar-refractivity contribution in [3.63, 3.8) is 0 Å². The molecule has 0 saturated carbocycles. The quantitative estimate of drug-likeness (QED) is 0.321. The Morgan fingerprint density at radius 2 is 2.09 bits per heavy atom. The number of imidazole rings is 1. The van der Waals surface area contributed by atoms with Crippen LogP contribution in [0.4, 0.5) is 0 Å². The molecule has 6 N–H and O–H groups in total. The van der Waals surface area contributed by atoms with Gasteiger partial charge >= 0.3 is 0 Å². The summed E-state index contributed by atoms with van der Waals surface area (Å²) in [6, 6.07) is 7.70. The maximum Gasteiger partial charge on any atom is 0.201 e. The van der Waals surface area contributed by atoms with Crippen LogP contribution in [-0.4, -0.2) is 28.6 Å². The number of aromatic amines is 1. The molecule has 6 heteroatoms. The molecule has 0 unspecified atom stereocenters. The maximum absolute atomic E-state index is 12.9. The van der Waals surface area contributed by atoms with Gasteiger partial charge in [0.1, 0.15) is 6.29 Å². The van der Waals surface area contributed by atoms with Crippen molar-refractivity contribution >= 4 is 16.8 Å². The highest BCUT2D eigenvalue weighted by molar-refractivity contribution is 5.97. The second kappa shape index (κ2) is 8.19. The van der Waals surface area contributed by atoms with Crippen LogP contribution in [-0.2, 0) is 0 Å². The number of rotatable bonds is 9. The average molecular weight is 317 g/mol. The molecule has 0 radical (unpaired) electrons. The smallest absolute Gasteiger partial charge is 0.201 e. The summed E-state index contributed by atoms with van der Waals surface area (Å²) in [7, 11) is 0. The van der Waals surface area contributed by atoms with Gasteiger partial charge in [-0.05, 0) is 37.4 Å². The van der Waals surface area contributed by atoms with Gasteiger partial charge in [-0.2, -0.15) is 0 Å². The van der Waals surface area contributed by atoms with E-state index in [9.17, 15) is 4.79 Å². The third-order valence-corrected chi connectivity index (χ3v) is 4.36. The van der Waals surface area contributed by atoms with Crippen molar-refractivity contribution in [1.29, 1.82) is 0 Å². The van der Waals surface area contributed by atoms with Crippen molar-refractivity contribution in [3.05, 3.63) is 30.1 Å². The molecule has 0 spiro atoms. The van der Waals surface area contributed by atoms with E-state index in [1.807, 2.05) is 24.3 Å². The molecule has 2 atom stereocenters. The number of H-pyrrole nitrogens is 1. The van der Waals surface area contributed by atoms with Gasteiger partial charge in [-0.1, -0.05) is 32.4 Å². The summed E-state index contributed by atoms with van der Waals surface area (Å²) in [4.78, 5) is 20.5. The maximum atomic E-state index is 12.9. The first-order chi connectivity index (χ1) is 11.0. The molecule has 0 aliphatic heterocycles. The molecule has 0 bridgehead atoms. The predicted molar refractivity (Wildman–Crippen MR) is 92.8 cm³/mol. The lowest BCUT2D eigenvalue weighted by Crippen LogP contribution is -2.45. The number of Topliss-reactive ketones (excluding diaryl/α,β-unsaturated/α-hetero) is 1. The summed E-state index contributed by atoms with van der Waals surface area (Å²) in [6.45, 7) is 4.93. The van der Waals surface area contributed by atoms with E-state index in [2.05, 4.69) is 29.1 Å². The number of fused-ring (bicyclic) bond motifs is 1. The average Bonchev–Trinajstić information content (AvgIpc) is 2.97. The zero-order valence-corrected chi connectivity index (χ0v) is 13.9. The highest BCUT2D eigenvalue weighted by Gasteiger charge is 2.27. The van der Waals surface area contributed by atoms with Crippen LogP contribution >= 0.6 is 0 Å². The van der Waals surface area contributed by atoms with Gasteiger partial charge < -0.3 is 16.5 Å². The Labute approximate surface area is 137 Å². The Bertz CT molecular complexity index is 604. The highest BCUT2D eigenvalue weighted by atomic mass is 16.1. The molecule has 2 aromatic rings. The third kappa shape index (κ3) is 4.60. The zero-order valence-electron chi connectivity index (χ0n) is 13.9. The van der Waals surface area contributed by atoms with E-state index >= 15 is 0 Å². The van der Waals surface area contributed by atoms with Crippen molar-refractivity contribution in [1.82, 2.24) is 15.3 Å². The van der Waals surface area contributed by atoms with Crippen molar-refractivity contribution < 1.29 is 4.79 Å². The Morgan fingerprint density at radius 3 is 2.74 bits per heavy atom. The van der Waals surface area contributed by atoms with Gasteiger partial charge in [-0.3, -0.25) is 10.1 Å². The number of benzene rings is 1. The van der Waals surface area contributed by atoms with Crippen molar-refractivity contribution in [2.45, 2.75) is 39.4 Å². The van der Waals surface area contributed by atoms with Gasteiger partial charge in [0.15, 0.2) is 5.82 Å². The van der Waals surface area contributed by atoms with Crippen molar-refractivity contribution in [2.24, 2.45) is 23.3 Å². The number of carbonyl (C=O) groups excluding carboxylic acids is 1. The summed E-state index contributed by atoms with van der Waals surface area (Å²) >= 11 is 0. The molecule has 126 valence electrons. The number of nitrogens with one attached hydrogen (secondary N) is 2. The molecular weight excluding hydrogens is 290 g/mol. The van der Waals surface area contributed by atoms with Crippen molar-refractivity contribution in [3.8, 4) is 0 Å². The van der Waals surface area contributed by atoms with Crippen LogP contribution in [0.25, 0.3) is 11.0 Å². The fraction of sp³-hybridized carbons (Fsp3) is 0.529. The number of nitrogens with zero attached hydrogens (tertiary/aromatic N) is 1. The molecule has 0 aliphatic carbocycles. The van der Waals surface area contributed by atoms with Crippen LogP contribution in [0.1, 0.15) is 43.7 Å². The summed E-state index contributed by atoms with van der Waals surface area (Å²) in [5.41, 5.74) is 12.7. The van der Waals surface area contributed by atoms with E-state index in [-0.39, 0.29) is 11.7 Å². The van der Waals surface area contributed by atoms with Gasteiger partial charge in [0.25, 0.3) is 0 Å². The molecule has 1 aromatic heterocycles. The molecule has 1 heterocycles. The van der Waals surface area contributed by atoms with Crippen LogP contribution in [0.15, 0.2) is 24.3 Å². The number of para-hydroxylation sites is 2. The first kappa shape index (κ1) is 17.6. The van der Waals surface area contributed by atoms with Crippen molar-refractivity contribution in [2.75, 3.05) is 6.54 Å². The predicted octanol–water partition coefficient (Wildman–Crippen LogP) is 1.98. The molecule has 2 rings (SSSR count).